The number of nitrogens with zero attached hydrogens (tertiary/aromatic N) is 11. The van der Waals surface area contributed by atoms with Gasteiger partial charge in [-0.1, -0.05) is 61.2 Å². The summed E-state index contributed by atoms with van der Waals surface area (Å²) in [7, 11) is 10.9. The number of nitrogens with one attached hydrogen (secondary N) is 4. The molecule has 10 rings (SSSR count). The Morgan fingerprint density at radius 2 is 1.09 bits per heavy atom. The fourth-order valence-corrected chi connectivity index (χ4v) is 10.5. The summed E-state index contributed by atoms with van der Waals surface area (Å²) in [5, 5.41) is 13.2. The summed E-state index contributed by atoms with van der Waals surface area (Å²) >= 11 is 6.57. The summed E-state index contributed by atoms with van der Waals surface area (Å²) < 4.78 is 94.7. The van der Waals surface area contributed by atoms with Gasteiger partial charge in [0, 0.05) is 106 Å². The zero-order chi connectivity index (χ0) is 62.5. The van der Waals surface area contributed by atoms with Crippen LogP contribution in [0.1, 0.15) is 24.0 Å². The molecule has 6 heterocycles. The molecule has 4 N–H and O–H groups in total. The predicted octanol–water partition coefficient (Wildman–Crippen LogP) is 12.8. The van der Waals surface area contributed by atoms with Crippen molar-refractivity contribution in [2.45, 2.75) is 51.5 Å². The molecule has 0 radical (unpaired) electrons. The van der Waals surface area contributed by atoms with Crippen molar-refractivity contribution in [3.63, 3.8) is 0 Å². The highest BCUT2D eigenvalue weighted by molar-refractivity contribution is 6.33. The predicted molar refractivity (Wildman–Crippen MR) is 328 cm³/mol. The van der Waals surface area contributed by atoms with Crippen LogP contribution >= 0.6 is 11.6 Å². The standard InChI is InChI=1S/C31H31F3N8O2.C30H31ClF3N7O2/c1-6-27(43)37-22-15-23(26(44-31(32,33)34)16-25(22)41(5)14-13-40(3)4)38-30-36-17-24(35-2)28(39-30)21-18-42-12-8-10-19-9-7-11-20(21)29(19)42;1-5-26(42)36-22-14-23(25(43-30(32,33)34)15-24(22)40(4)13-12-39(2)3)37-29-35-16-21(31)27(38-29)20-17-41-11-7-9-18-8-6-10-19(20)28(18)41/h6-7,9,11,15-18H,1,8,10,12-14H2,3-5H3,(H,37,43)(H,36,38,39);5-6,8,10,14-17H,1,7,9,11-13H2,2-4H3,(H,36,42)(H,35,37,38). The third-order valence-electron chi connectivity index (χ3n) is 14.4. The Kier molecular flexibility index (Phi) is 18.6. The van der Waals surface area contributed by atoms with Gasteiger partial charge in [0.2, 0.25) is 29.4 Å². The van der Waals surface area contributed by atoms with Gasteiger partial charge in [0.25, 0.3) is 0 Å². The van der Waals surface area contributed by atoms with Gasteiger partial charge >= 0.3 is 12.7 Å². The maximum atomic E-state index is 13.6. The maximum absolute atomic E-state index is 13.6. The molecule has 0 saturated heterocycles. The second kappa shape index (κ2) is 26.1. The van der Waals surface area contributed by atoms with E-state index in [4.69, 9.17) is 18.2 Å². The molecule has 0 saturated carbocycles. The van der Waals surface area contributed by atoms with Crippen molar-refractivity contribution in [3.8, 4) is 34.0 Å². The summed E-state index contributed by atoms with van der Waals surface area (Å²) in [5.41, 5.74) is 7.94. The molecule has 2 aliphatic heterocycles. The molecular formula is C61H62ClF6N15O4. The Morgan fingerprint density at radius 1 is 0.655 bits per heavy atom. The number of aromatic nitrogens is 6. The van der Waals surface area contributed by atoms with Gasteiger partial charge < -0.3 is 59.5 Å². The minimum Gasteiger partial charge on any atom is -0.403 e. The number of amides is 2. The first-order valence-electron chi connectivity index (χ1n) is 27.4. The molecule has 8 aromatic rings. The number of aryl methyl sites for hydroxylation is 4. The van der Waals surface area contributed by atoms with Crippen LogP contribution in [0.25, 0.3) is 49.2 Å². The second-order valence-electron chi connectivity index (χ2n) is 21.1. The summed E-state index contributed by atoms with van der Waals surface area (Å²) in [6.07, 6.45) is 2.73. The quantitative estimate of drug-likeness (QED) is 0.0322. The van der Waals surface area contributed by atoms with Crippen molar-refractivity contribution in [1.29, 1.82) is 0 Å². The Morgan fingerprint density at radius 3 is 1.52 bits per heavy atom. The number of hydrogen-bond acceptors (Lipinski definition) is 14. The smallest absolute Gasteiger partial charge is 0.403 e. The molecule has 26 heteroatoms. The molecule has 0 fully saturated rings. The number of anilines is 8. The van der Waals surface area contributed by atoms with E-state index in [1.54, 1.807) is 23.9 Å². The molecule has 0 aliphatic carbocycles. The monoisotopic (exact) mass is 1220 g/mol. The molecule has 2 amide bonds. The highest BCUT2D eigenvalue weighted by atomic mass is 35.5. The Labute approximate surface area is 502 Å². The molecule has 4 aromatic carbocycles. The van der Waals surface area contributed by atoms with Crippen LogP contribution in [0.5, 0.6) is 11.5 Å². The third-order valence-corrected chi connectivity index (χ3v) is 14.7. The molecule has 4 aromatic heterocycles. The zero-order valence-electron chi connectivity index (χ0n) is 48.4. The van der Waals surface area contributed by atoms with Crippen molar-refractivity contribution in [3.05, 3.63) is 138 Å². The number of likely N-dealkylation sites (N-methyl/N-ethyl adjacent to an activating group) is 4. The van der Waals surface area contributed by atoms with Crippen molar-refractivity contribution in [2.75, 3.05) is 99.5 Å². The van der Waals surface area contributed by atoms with Crippen molar-refractivity contribution in [2.24, 2.45) is 0 Å². The SMILES string of the molecule is C=CC(=O)Nc1cc(Nc2ncc(Cl)c(-c3cn4c5c(cccc35)CCC4)n2)c(OC(F)(F)F)cc1N(C)CCN(C)C.[C-]#[N+]c1cnc(Nc2cc(NC(=O)C=C)c(N(C)CCN(C)C)cc2OC(F)(F)F)nc1-c1cn2c3c(cccc13)CCC2. The Bertz CT molecular complexity index is 3970. The number of ether oxygens (including phenoxy) is 2. The van der Waals surface area contributed by atoms with Gasteiger partial charge in [0.1, 0.15) is 0 Å². The largest absolute Gasteiger partial charge is 0.573 e. The van der Waals surface area contributed by atoms with Crippen LogP contribution in [0.4, 0.5) is 78.1 Å². The number of halogens is 7. The fraction of sp³-hybridized carbons (Fsp3) is 0.295. The lowest BCUT2D eigenvalue weighted by atomic mass is 10.0. The lowest BCUT2D eigenvalue weighted by molar-refractivity contribution is -0.275. The van der Waals surface area contributed by atoms with Crippen LogP contribution in [0.3, 0.4) is 0 Å². The number of benzene rings is 4. The van der Waals surface area contributed by atoms with E-state index in [9.17, 15) is 35.9 Å². The first kappa shape index (κ1) is 62.2. The normalized spacial score (nSPS) is 12.7. The van der Waals surface area contributed by atoms with Crippen LogP contribution in [0, 0.1) is 6.57 Å². The topological polar surface area (TPSA) is 179 Å². The highest BCUT2D eigenvalue weighted by Gasteiger charge is 2.35. The average molecular weight is 1220 g/mol. The second-order valence-corrected chi connectivity index (χ2v) is 21.6. The van der Waals surface area contributed by atoms with E-state index in [0.717, 1.165) is 83.9 Å². The number of alkyl halides is 6. The van der Waals surface area contributed by atoms with E-state index in [1.165, 1.54) is 47.8 Å². The molecule has 454 valence electrons. The maximum Gasteiger partial charge on any atom is 0.573 e. The van der Waals surface area contributed by atoms with Gasteiger partial charge in [-0.3, -0.25) is 9.59 Å². The van der Waals surface area contributed by atoms with Crippen molar-refractivity contribution >= 4 is 96.9 Å². The lowest BCUT2D eigenvalue weighted by Crippen LogP contribution is -2.29. The highest BCUT2D eigenvalue weighted by Crippen LogP contribution is 2.45. The first-order valence-corrected chi connectivity index (χ1v) is 27.8. The first-order chi connectivity index (χ1) is 41.4. The number of rotatable bonds is 20. The average Bonchev–Trinajstić information content (AvgIpc) is 1.85. The van der Waals surface area contributed by atoms with Gasteiger partial charge in [0.15, 0.2) is 11.5 Å². The van der Waals surface area contributed by atoms with E-state index >= 15 is 0 Å². The van der Waals surface area contributed by atoms with E-state index in [2.05, 4.69) is 89.9 Å². The van der Waals surface area contributed by atoms with Gasteiger partial charge in [0.05, 0.1) is 74.3 Å². The summed E-state index contributed by atoms with van der Waals surface area (Å²) in [4.78, 5) is 53.1. The summed E-state index contributed by atoms with van der Waals surface area (Å²) in [5.74, 6) is -2.21. The Balaban J connectivity index is 0.000000208. The third kappa shape index (κ3) is 14.7. The number of carbonyl (C=O) groups excluding carboxylic acids is 2. The molecule has 0 atom stereocenters. The van der Waals surface area contributed by atoms with Crippen LogP contribution in [0.15, 0.2) is 111 Å². The van der Waals surface area contributed by atoms with E-state index in [1.807, 2.05) is 74.6 Å². The number of hydrogen-bond donors (Lipinski definition) is 4. The van der Waals surface area contributed by atoms with Crippen molar-refractivity contribution in [1.82, 2.24) is 38.9 Å². The van der Waals surface area contributed by atoms with E-state index < -0.39 is 36.0 Å². The van der Waals surface area contributed by atoms with E-state index in [0.29, 0.717) is 48.9 Å². The number of para-hydroxylation sites is 2. The molecule has 0 unspecified atom stereocenters. The lowest BCUT2D eigenvalue weighted by Gasteiger charge is -2.26. The Hall–Kier alpha value is -9.38. The molecule has 2 aliphatic rings. The minimum atomic E-state index is -5.01. The van der Waals surface area contributed by atoms with E-state index in [-0.39, 0.29) is 45.4 Å². The zero-order valence-corrected chi connectivity index (χ0v) is 49.2. The van der Waals surface area contributed by atoms with Crippen molar-refractivity contribution < 1.29 is 45.4 Å². The molecule has 87 heavy (non-hydrogen) atoms. The van der Waals surface area contributed by atoms with Crippen LogP contribution < -0.4 is 40.5 Å². The minimum absolute atomic E-state index is 0.00643. The van der Waals surface area contributed by atoms with Gasteiger partial charge in [-0.05, 0) is 89.3 Å². The fourth-order valence-electron chi connectivity index (χ4n) is 10.4. The van der Waals surface area contributed by atoms with Gasteiger partial charge in [-0.2, -0.15) is 0 Å². The van der Waals surface area contributed by atoms with Gasteiger partial charge in [-0.15, -0.1) is 26.3 Å². The number of carbonyl (C=O) groups is 2. The summed E-state index contributed by atoms with van der Waals surface area (Å²) in [6, 6.07) is 17.2. The van der Waals surface area contributed by atoms with Crippen LogP contribution in [0.2, 0.25) is 5.02 Å². The van der Waals surface area contributed by atoms with Gasteiger partial charge in [-0.25, -0.2) is 24.8 Å². The summed E-state index contributed by atoms with van der Waals surface area (Å²) in [6.45, 7) is 18.5. The molecule has 19 nitrogen and oxygen atoms in total. The van der Waals surface area contributed by atoms with Crippen LogP contribution in [-0.2, 0) is 35.5 Å². The molecule has 0 spiro atoms. The molecule has 0 bridgehead atoms. The molecular weight excluding hydrogens is 1160 g/mol. The van der Waals surface area contributed by atoms with Crippen LogP contribution in [-0.4, -0.2) is 132 Å².